The molecule has 0 spiro atoms. The van der Waals surface area contributed by atoms with E-state index in [0.717, 1.165) is 28.8 Å². The predicted octanol–water partition coefficient (Wildman–Crippen LogP) is 1.56. The number of carbonyl (C=O) groups excluding carboxylic acids is 2. The first kappa shape index (κ1) is 23.8. The SMILES string of the molecule is Cc1ccc([S+]([O-])N(O)CC2(Nc3ncc(C(=O)NNC(=O)C(F)F)cn3)CCC2)cc1. The molecular formula is C19H22F2N6O4S. The van der Waals surface area contributed by atoms with E-state index in [1.807, 2.05) is 24.5 Å². The highest BCUT2D eigenvalue weighted by atomic mass is 32.2. The van der Waals surface area contributed by atoms with Crippen molar-refractivity contribution in [3.05, 3.63) is 47.8 Å². The van der Waals surface area contributed by atoms with E-state index in [9.17, 15) is 28.1 Å². The number of hydrogen-bond donors (Lipinski definition) is 4. The minimum atomic E-state index is -3.26. The van der Waals surface area contributed by atoms with Crippen molar-refractivity contribution in [2.45, 2.75) is 43.0 Å². The van der Waals surface area contributed by atoms with Crippen molar-refractivity contribution in [1.82, 2.24) is 25.3 Å². The van der Waals surface area contributed by atoms with Gasteiger partial charge >= 0.3 is 12.3 Å². The first-order valence-corrected chi connectivity index (χ1v) is 10.7. The molecule has 0 saturated heterocycles. The van der Waals surface area contributed by atoms with Crippen LogP contribution in [0.1, 0.15) is 35.2 Å². The minimum Gasteiger partial charge on any atom is -0.591 e. The molecule has 1 aliphatic rings. The monoisotopic (exact) mass is 468 g/mol. The molecule has 1 atom stereocenters. The van der Waals surface area contributed by atoms with Gasteiger partial charge in [0.1, 0.15) is 11.4 Å². The Kier molecular flexibility index (Phi) is 7.56. The average molecular weight is 468 g/mol. The molecule has 32 heavy (non-hydrogen) atoms. The summed E-state index contributed by atoms with van der Waals surface area (Å²) in [5.41, 5.74) is 3.76. The molecule has 0 bridgehead atoms. The number of hydrogen-bond acceptors (Lipinski definition) is 8. The summed E-state index contributed by atoms with van der Waals surface area (Å²) >= 11 is -1.76. The summed E-state index contributed by atoms with van der Waals surface area (Å²) in [6.45, 7) is 1.96. The lowest BCUT2D eigenvalue weighted by atomic mass is 9.77. The van der Waals surface area contributed by atoms with Crippen LogP contribution in [0.15, 0.2) is 41.6 Å². The maximum Gasteiger partial charge on any atom is 0.317 e. The smallest absolute Gasteiger partial charge is 0.317 e. The summed E-state index contributed by atoms with van der Waals surface area (Å²) in [7, 11) is 0. The van der Waals surface area contributed by atoms with Gasteiger partial charge in [-0.05, 0) is 38.3 Å². The number of hydrazine groups is 1. The van der Waals surface area contributed by atoms with Gasteiger partial charge in [0, 0.05) is 16.9 Å². The van der Waals surface area contributed by atoms with Crippen molar-refractivity contribution < 1.29 is 28.1 Å². The molecule has 1 aromatic heterocycles. The summed E-state index contributed by atoms with van der Waals surface area (Å²) in [4.78, 5) is 31.2. The fourth-order valence-corrected chi connectivity index (χ4v) is 3.99. The molecule has 1 heterocycles. The Morgan fingerprint density at radius 3 is 2.38 bits per heavy atom. The molecule has 0 aliphatic heterocycles. The zero-order chi connectivity index (χ0) is 23.3. The van der Waals surface area contributed by atoms with Crippen molar-refractivity contribution in [2.24, 2.45) is 0 Å². The van der Waals surface area contributed by atoms with E-state index < -0.39 is 35.1 Å². The third-order valence-electron chi connectivity index (χ3n) is 4.95. The van der Waals surface area contributed by atoms with Crippen molar-refractivity contribution in [3.8, 4) is 0 Å². The number of benzene rings is 1. The van der Waals surface area contributed by atoms with E-state index in [4.69, 9.17) is 0 Å². The first-order chi connectivity index (χ1) is 15.2. The molecule has 2 amide bonds. The van der Waals surface area contributed by atoms with Crippen LogP contribution >= 0.6 is 0 Å². The number of anilines is 1. The zero-order valence-electron chi connectivity index (χ0n) is 17.0. The molecular weight excluding hydrogens is 446 g/mol. The molecule has 10 nitrogen and oxygen atoms in total. The number of halogens is 2. The van der Waals surface area contributed by atoms with Gasteiger partial charge in [-0.15, -0.1) is 0 Å². The Morgan fingerprint density at radius 2 is 1.84 bits per heavy atom. The van der Waals surface area contributed by atoms with Crippen molar-refractivity contribution in [1.29, 1.82) is 0 Å². The molecule has 1 fully saturated rings. The van der Waals surface area contributed by atoms with Crippen LogP contribution in [-0.2, 0) is 16.2 Å². The molecule has 2 aromatic rings. The maximum atomic E-state index is 12.6. The Bertz CT molecular complexity index is 944. The largest absolute Gasteiger partial charge is 0.591 e. The van der Waals surface area contributed by atoms with E-state index in [-0.39, 0.29) is 18.1 Å². The highest BCUT2D eigenvalue weighted by molar-refractivity contribution is 7.89. The van der Waals surface area contributed by atoms with E-state index in [1.54, 1.807) is 17.6 Å². The Labute approximate surface area is 185 Å². The number of aryl methyl sites for hydroxylation is 1. The Hall–Kier alpha value is -2.87. The van der Waals surface area contributed by atoms with Crippen molar-refractivity contribution in [2.75, 3.05) is 11.9 Å². The van der Waals surface area contributed by atoms with Gasteiger partial charge in [0.05, 0.1) is 17.6 Å². The van der Waals surface area contributed by atoms with Gasteiger partial charge in [0.15, 0.2) is 4.90 Å². The second kappa shape index (κ2) is 10.2. The summed E-state index contributed by atoms with van der Waals surface area (Å²) in [5.74, 6) is -2.33. The van der Waals surface area contributed by atoms with Gasteiger partial charge in [0.25, 0.3) is 5.91 Å². The molecule has 172 valence electrons. The number of hydroxylamine groups is 1. The Morgan fingerprint density at radius 1 is 1.22 bits per heavy atom. The summed E-state index contributed by atoms with van der Waals surface area (Å²) in [5, 5.41) is 13.5. The van der Waals surface area contributed by atoms with Gasteiger partial charge < -0.3 is 9.87 Å². The van der Waals surface area contributed by atoms with Gasteiger partial charge in [-0.1, -0.05) is 17.7 Å². The van der Waals surface area contributed by atoms with Crippen LogP contribution in [0.3, 0.4) is 0 Å². The van der Waals surface area contributed by atoms with Crippen LogP contribution in [0.5, 0.6) is 0 Å². The Balaban J connectivity index is 1.59. The van der Waals surface area contributed by atoms with Crippen LogP contribution < -0.4 is 16.2 Å². The average Bonchev–Trinajstić information content (AvgIpc) is 2.76. The number of rotatable bonds is 8. The molecule has 13 heteroatoms. The third-order valence-corrected chi connectivity index (χ3v) is 6.14. The fraction of sp³-hybridized carbons (Fsp3) is 0.368. The highest BCUT2D eigenvalue weighted by Crippen LogP contribution is 2.36. The second-order valence-electron chi connectivity index (χ2n) is 7.37. The molecule has 1 aromatic carbocycles. The predicted molar refractivity (Wildman–Crippen MR) is 110 cm³/mol. The van der Waals surface area contributed by atoms with Crippen molar-refractivity contribution >= 4 is 29.1 Å². The van der Waals surface area contributed by atoms with Crippen LogP contribution in [-0.4, -0.2) is 54.5 Å². The second-order valence-corrected chi connectivity index (χ2v) is 8.76. The quantitative estimate of drug-likeness (QED) is 0.338. The fourth-order valence-electron chi connectivity index (χ4n) is 3.01. The lowest BCUT2D eigenvalue weighted by molar-refractivity contribution is -0.132. The minimum absolute atomic E-state index is 0.0543. The van der Waals surface area contributed by atoms with Gasteiger partial charge in [0.2, 0.25) is 5.95 Å². The van der Waals surface area contributed by atoms with Crippen LogP contribution in [0.25, 0.3) is 0 Å². The van der Waals surface area contributed by atoms with Gasteiger partial charge in [-0.25, -0.2) is 9.97 Å². The van der Waals surface area contributed by atoms with E-state index in [0.29, 0.717) is 17.7 Å². The van der Waals surface area contributed by atoms with E-state index in [1.165, 1.54) is 0 Å². The summed E-state index contributed by atoms with van der Waals surface area (Å²) in [6.07, 6.45) is 1.31. The number of alkyl halides is 2. The molecule has 1 aliphatic carbocycles. The topological polar surface area (TPSA) is 143 Å². The number of carbonyl (C=O) groups is 2. The number of nitrogens with one attached hydrogen (secondary N) is 3. The number of aromatic nitrogens is 2. The van der Waals surface area contributed by atoms with Gasteiger partial charge in [-0.2, -0.15) is 8.78 Å². The van der Waals surface area contributed by atoms with Crippen molar-refractivity contribution in [3.63, 3.8) is 0 Å². The molecule has 3 rings (SSSR count). The number of nitrogens with zero attached hydrogens (tertiary/aromatic N) is 3. The first-order valence-electron chi connectivity index (χ1n) is 9.63. The van der Waals surface area contributed by atoms with Gasteiger partial charge in [-0.3, -0.25) is 25.6 Å². The molecule has 0 radical (unpaired) electrons. The van der Waals surface area contributed by atoms with Crippen LogP contribution in [0, 0.1) is 6.92 Å². The maximum absolute atomic E-state index is 12.6. The molecule has 1 unspecified atom stereocenters. The normalized spacial score (nSPS) is 15.7. The summed E-state index contributed by atoms with van der Waals surface area (Å²) in [6, 6.07) is 6.99. The van der Waals surface area contributed by atoms with Crippen LogP contribution in [0.2, 0.25) is 0 Å². The standard InChI is InChI=1S/C19H22F2N6O4S/c1-12-3-5-14(6-4-12)32(31)27(30)11-19(7-2-8-19)24-18-22-9-13(10-23-18)16(28)25-26-17(29)15(20)21/h3-6,9-10,15,30H,2,7-8,11H2,1H3,(H,25,28)(H,26,29)(H,22,23,24). The lowest BCUT2D eigenvalue weighted by Gasteiger charge is -2.43. The lowest BCUT2D eigenvalue weighted by Crippen LogP contribution is -2.54. The van der Waals surface area contributed by atoms with Crippen LogP contribution in [0.4, 0.5) is 14.7 Å². The molecule has 4 N–H and O–H groups in total. The van der Waals surface area contributed by atoms with E-state index >= 15 is 0 Å². The third kappa shape index (κ3) is 5.88. The molecule has 1 saturated carbocycles. The highest BCUT2D eigenvalue weighted by Gasteiger charge is 2.42. The van der Waals surface area contributed by atoms with E-state index in [2.05, 4.69) is 15.3 Å². The zero-order valence-corrected chi connectivity index (χ0v) is 17.9. The summed E-state index contributed by atoms with van der Waals surface area (Å²) < 4.78 is 37.7. The number of amides is 2.